The normalized spacial score (nSPS) is 12.3. The van der Waals surface area contributed by atoms with Gasteiger partial charge in [0.2, 0.25) is 0 Å². The van der Waals surface area contributed by atoms with Gasteiger partial charge in [0, 0.05) is 18.0 Å². The van der Waals surface area contributed by atoms with Crippen molar-refractivity contribution in [1.82, 2.24) is 4.98 Å². The SMILES string of the molecule is CCCCCCCCCC[C@@H](OC(=O)CCC)c1nccs1. The Labute approximate surface area is 139 Å². The monoisotopic (exact) mass is 325 g/mol. The lowest BCUT2D eigenvalue weighted by Crippen LogP contribution is -2.11. The van der Waals surface area contributed by atoms with E-state index in [0.717, 1.165) is 24.3 Å². The molecular formula is C18H31NO2S. The lowest BCUT2D eigenvalue weighted by molar-refractivity contribution is -0.150. The predicted octanol–water partition coefficient (Wildman–Crippen LogP) is 6.06. The molecule has 4 heteroatoms. The molecule has 1 rings (SSSR count). The van der Waals surface area contributed by atoms with Crippen molar-refractivity contribution in [3.63, 3.8) is 0 Å². The summed E-state index contributed by atoms with van der Waals surface area (Å²) in [5.41, 5.74) is 0. The van der Waals surface area contributed by atoms with Crippen LogP contribution in [0, 0.1) is 0 Å². The summed E-state index contributed by atoms with van der Waals surface area (Å²) in [5, 5.41) is 2.89. The van der Waals surface area contributed by atoms with Crippen molar-refractivity contribution >= 4 is 17.3 Å². The Bertz CT molecular complexity index is 378. The minimum absolute atomic E-state index is 0.0951. The van der Waals surface area contributed by atoms with Crippen LogP contribution in [0.3, 0.4) is 0 Å². The molecule has 0 aliphatic heterocycles. The van der Waals surface area contributed by atoms with E-state index in [0.29, 0.717) is 6.42 Å². The molecule has 0 saturated carbocycles. The largest absolute Gasteiger partial charge is 0.455 e. The van der Waals surface area contributed by atoms with Gasteiger partial charge >= 0.3 is 5.97 Å². The summed E-state index contributed by atoms with van der Waals surface area (Å²) in [5.74, 6) is -0.0951. The number of ether oxygens (including phenoxy) is 1. The van der Waals surface area contributed by atoms with Crippen LogP contribution < -0.4 is 0 Å². The smallest absolute Gasteiger partial charge is 0.306 e. The van der Waals surface area contributed by atoms with Crippen molar-refractivity contribution in [3.05, 3.63) is 16.6 Å². The van der Waals surface area contributed by atoms with Gasteiger partial charge in [-0.15, -0.1) is 11.3 Å². The highest BCUT2D eigenvalue weighted by Crippen LogP contribution is 2.26. The second kappa shape index (κ2) is 12.6. The quantitative estimate of drug-likeness (QED) is 0.327. The van der Waals surface area contributed by atoms with E-state index < -0.39 is 0 Å². The van der Waals surface area contributed by atoms with Crippen LogP contribution in [-0.2, 0) is 9.53 Å². The van der Waals surface area contributed by atoms with Crippen LogP contribution in [0.5, 0.6) is 0 Å². The summed E-state index contributed by atoms with van der Waals surface area (Å²) < 4.78 is 5.60. The average Bonchev–Trinajstić information content (AvgIpc) is 3.03. The van der Waals surface area contributed by atoms with Gasteiger partial charge in [0.1, 0.15) is 5.01 Å². The minimum Gasteiger partial charge on any atom is -0.455 e. The van der Waals surface area contributed by atoms with Gasteiger partial charge in [-0.05, 0) is 19.3 Å². The Kier molecular flexibility index (Phi) is 11.0. The van der Waals surface area contributed by atoms with Gasteiger partial charge in [-0.2, -0.15) is 0 Å². The molecule has 3 nitrogen and oxygen atoms in total. The molecular weight excluding hydrogens is 294 g/mol. The maximum atomic E-state index is 11.7. The molecule has 0 aromatic carbocycles. The van der Waals surface area contributed by atoms with Crippen molar-refractivity contribution in [2.75, 3.05) is 0 Å². The van der Waals surface area contributed by atoms with Crippen LogP contribution >= 0.6 is 11.3 Å². The molecule has 126 valence electrons. The number of nitrogens with zero attached hydrogens (tertiary/aromatic N) is 1. The highest BCUT2D eigenvalue weighted by atomic mass is 32.1. The van der Waals surface area contributed by atoms with E-state index in [-0.39, 0.29) is 12.1 Å². The number of rotatable bonds is 13. The number of thiazole rings is 1. The molecule has 1 atom stereocenters. The molecule has 0 N–H and O–H groups in total. The fraction of sp³-hybridized carbons (Fsp3) is 0.778. The number of unbranched alkanes of at least 4 members (excludes halogenated alkanes) is 7. The molecule has 0 amide bonds. The first-order valence-electron chi connectivity index (χ1n) is 8.86. The zero-order valence-electron chi connectivity index (χ0n) is 14.2. The predicted molar refractivity (Wildman–Crippen MR) is 93.1 cm³/mol. The van der Waals surface area contributed by atoms with Crippen LogP contribution in [0.2, 0.25) is 0 Å². The third-order valence-electron chi connectivity index (χ3n) is 3.77. The molecule has 0 fully saturated rings. The zero-order chi connectivity index (χ0) is 16.0. The van der Waals surface area contributed by atoms with Crippen molar-refractivity contribution in [3.8, 4) is 0 Å². The highest BCUT2D eigenvalue weighted by Gasteiger charge is 2.18. The summed E-state index contributed by atoms with van der Waals surface area (Å²) in [6.45, 7) is 4.25. The minimum atomic E-state index is -0.140. The number of esters is 1. The summed E-state index contributed by atoms with van der Waals surface area (Å²) in [4.78, 5) is 16.1. The summed E-state index contributed by atoms with van der Waals surface area (Å²) in [7, 11) is 0. The van der Waals surface area contributed by atoms with E-state index in [9.17, 15) is 4.79 Å². The standard InChI is InChI=1S/C18H31NO2S/c1-3-5-6-7-8-9-10-11-13-16(18-19-14-15-22-18)21-17(20)12-4-2/h14-16H,3-13H2,1-2H3/t16-/m1/s1. The summed E-state index contributed by atoms with van der Waals surface area (Å²) in [6.07, 6.45) is 14.2. The van der Waals surface area contributed by atoms with Crippen LogP contribution in [0.4, 0.5) is 0 Å². The number of carbonyl (C=O) groups is 1. The molecule has 0 radical (unpaired) electrons. The zero-order valence-corrected chi connectivity index (χ0v) is 15.0. The maximum absolute atomic E-state index is 11.7. The van der Waals surface area contributed by atoms with Gasteiger partial charge in [0.25, 0.3) is 0 Å². The molecule has 1 aromatic rings. The van der Waals surface area contributed by atoms with Crippen LogP contribution in [0.1, 0.15) is 95.6 Å². The van der Waals surface area contributed by atoms with Gasteiger partial charge in [-0.1, -0.05) is 58.8 Å². The maximum Gasteiger partial charge on any atom is 0.306 e. The molecule has 0 spiro atoms. The first-order chi connectivity index (χ1) is 10.8. The fourth-order valence-corrected chi connectivity index (χ4v) is 3.21. The van der Waals surface area contributed by atoms with Crippen molar-refractivity contribution in [2.45, 2.75) is 90.6 Å². The van der Waals surface area contributed by atoms with E-state index in [1.807, 2.05) is 12.3 Å². The third-order valence-corrected chi connectivity index (χ3v) is 4.64. The Balaban J connectivity index is 2.23. The van der Waals surface area contributed by atoms with E-state index in [1.54, 1.807) is 17.5 Å². The summed E-state index contributed by atoms with van der Waals surface area (Å²) in [6, 6.07) is 0. The lowest BCUT2D eigenvalue weighted by Gasteiger charge is -2.15. The second-order valence-electron chi connectivity index (χ2n) is 5.86. The van der Waals surface area contributed by atoms with Crippen LogP contribution in [-0.4, -0.2) is 11.0 Å². The van der Waals surface area contributed by atoms with Crippen LogP contribution in [0.25, 0.3) is 0 Å². The van der Waals surface area contributed by atoms with Gasteiger partial charge in [-0.3, -0.25) is 4.79 Å². The molecule has 1 heterocycles. The Morgan fingerprint density at radius 3 is 2.36 bits per heavy atom. The topological polar surface area (TPSA) is 39.2 Å². The second-order valence-corrected chi connectivity index (χ2v) is 6.79. The number of aromatic nitrogens is 1. The fourth-order valence-electron chi connectivity index (χ4n) is 2.51. The van der Waals surface area contributed by atoms with E-state index >= 15 is 0 Å². The van der Waals surface area contributed by atoms with E-state index in [4.69, 9.17) is 4.74 Å². The Morgan fingerprint density at radius 1 is 1.09 bits per heavy atom. The van der Waals surface area contributed by atoms with Gasteiger partial charge in [0.15, 0.2) is 6.10 Å². The Morgan fingerprint density at radius 2 is 1.77 bits per heavy atom. The third kappa shape index (κ3) is 8.52. The van der Waals surface area contributed by atoms with Crippen LogP contribution in [0.15, 0.2) is 11.6 Å². The summed E-state index contributed by atoms with van der Waals surface area (Å²) >= 11 is 1.58. The van der Waals surface area contributed by atoms with Gasteiger partial charge < -0.3 is 4.74 Å². The highest BCUT2D eigenvalue weighted by molar-refractivity contribution is 7.09. The van der Waals surface area contributed by atoms with Gasteiger partial charge in [-0.25, -0.2) is 4.98 Å². The molecule has 0 unspecified atom stereocenters. The lowest BCUT2D eigenvalue weighted by atomic mass is 10.1. The van der Waals surface area contributed by atoms with Crippen molar-refractivity contribution in [1.29, 1.82) is 0 Å². The van der Waals surface area contributed by atoms with Gasteiger partial charge in [0.05, 0.1) is 0 Å². The average molecular weight is 326 g/mol. The molecule has 1 aromatic heterocycles. The molecule has 0 saturated heterocycles. The van der Waals surface area contributed by atoms with E-state index in [2.05, 4.69) is 11.9 Å². The van der Waals surface area contributed by atoms with Crippen molar-refractivity contribution in [2.24, 2.45) is 0 Å². The van der Waals surface area contributed by atoms with E-state index in [1.165, 1.54) is 44.9 Å². The number of carbonyl (C=O) groups excluding carboxylic acids is 1. The number of hydrogen-bond donors (Lipinski definition) is 0. The van der Waals surface area contributed by atoms with Crippen molar-refractivity contribution < 1.29 is 9.53 Å². The number of hydrogen-bond acceptors (Lipinski definition) is 4. The molecule has 0 aliphatic rings. The first-order valence-corrected chi connectivity index (χ1v) is 9.74. The molecule has 0 bridgehead atoms. The first kappa shape index (κ1) is 19.1. The molecule has 0 aliphatic carbocycles. The Hall–Kier alpha value is -0.900. The molecule has 22 heavy (non-hydrogen) atoms.